The Bertz CT molecular complexity index is 1330. The van der Waals surface area contributed by atoms with Gasteiger partial charge in [-0.3, -0.25) is 10.2 Å². The van der Waals surface area contributed by atoms with Crippen LogP contribution in [-0.2, 0) is 16.6 Å². The van der Waals surface area contributed by atoms with E-state index in [1.54, 1.807) is 6.07 Å². The molecule has 1 aliphatic heterocycles. The molecule has 3 aliphatic carbocycles. The molecule has 5 rings (SSSR count). The fourth-order valence-corrected chi connectivity index (χ4v) is 9.17. The second-order valence-corrected chi connectivity index (χ2v) is 13.5. The minimum Gasteiger partial charge on any atom is -0.355 e. The van der Waals surface area contributed by atoms with Crippen LogP contribution in [0.4, 0.5) is 4.39 Å². The lowest BCUT2D eigenvalue weighted by molar-refractivity contribution is -0.128. The van der Waals surface area contributed by atoms with E-state index in [2.05, 4.69) is 57.7 Å². The van der Waals surface area contributed by atoms with Gasteiger partial charge in [0.1, 0.15) is 11.9 Å². The number of carbonyl (C=O) groups is 1. The minimum absolute atomic E-state index is 0.00630. The molecule has 1 aromatic carbocycles. The van der Waals surface area contributed by atoms with Gasteiger partial charge in [0.25, 0.3) is 0 Å². The van der Waals surface area contributed by atoms with Gasteiger partial charge in [0.05, 0.1) is 11.5 Å². The highest BCUT2D eigenvalue weighted by atomic mass is 19.1. The number of nitriles is 1. The normalized spacial score (nSPS) is 33.9. The van der Waals surface area contributed by atoms with Gasteiger partial charge in [0.15, 0.2) is 5.84 Å². The number of hydrogen-bond donors (Lipinski definition) is 5. The van der Waals surface area contributed by atoms with Crippen molar-refractivity contribution in [1.82, 2.24) is 20.9 Å². The van der Waals surface area contributed by atoms with Crippen molar-refractivity contribution in [2.24, 2.45) is 51.7 Å². The van der Waals surface area contributed by atoms with Crippen LogP contribution in [0.3, 0.4) is 0 Å². The number of nitrogens with one attached hydrogen (secondary N) is 4. The highest BCUT2D eigenvalue weighted by molar-refractivity contribution is 5.92. The number of piperidine rings is 1. The van der Waals surface area contributed by atoms with Crippen molar-refractivity contribution in [3.63, 3.8) is 0 Å². The number of nitrogens with two attached hydrogens (primary N) is 1. The molecule has 3 fully saturated rings. The maximum absolute atomic E-state index is 14.6. The largest absolute Gasteiger partial charge is 0.355 e. The standard InChI is InChI=1S/C33H48FN9O/c1-19-13-24(31(44)40-12-11-38-4)14-23-6-5-22-15-25(34)7-8-28(22)33(29(19)23,32(36)41-42-37)9-10-39-18-20(2)43-26(17-35)16-27-21(3)30(27)43/h7-8,15,19,21,23-24,26-27,29-30,38-39H,2,5-6,9-14,16,18H2,1,3-4H3,(H,40,44)(H3,36,37,41)/t19?,21-,23-,24?,26?,27+,29+,30-,33?/m0/s1. The predicted octanol–water partition coefficient (Wildman–Crippen LogP) is 3.65. The summed E-state index contributed by atoms with van der Waals surface area (Å²) in [4.78, 5) is 15.4. The molecule has 1 heterocycles. The van der Waals surface area contributed by atoms with Crippen molar-refractivity contribution in [1.29, 1.82) is 10.7 Å². The third-order valence-electron chi connectivity index (χ3n) is 11.1. The lowest BCUT2D eigenvalue weighted by Crippen LogP contribution is -2.53. The van der Waals surface area contributed by atoms with E-state index in [4.69, 9.17) is 5.84 Å². The quantitative estimate of drug-likeness (QED) is 0.0648. The zero-order valence-electron chi connectivity index (χ0n) is 26.3. The fourth-order valence-electron chi connectivity index (χ4n) is 9.17. The topological polar surface area (TPSA) is 155 Å². The number of likely N-dealkylation sites (tertiary alicyclic amines) is 1. The van der Waals surface area contributed by atoms with E-state index in [1.165, 1.54) is 6.07 Å². The van der Waals surface area contributed by atoms with E-state index in [0.29, 0.717) is 69.7 Å². The molecule has 0 spiro atoms. The number of halogens is 1. The van der Waals surface area contributed by atoms with Crippen molar-refractivity contribution in [3.05, 3.63) is 47.4 Å². The lowest BCUT2D eigenvalue weighted by Gasteiger charge is -2.50. The number of amidine groups is 1. The molecule has 2 saturated carbocycles. The number of hydrogen-bond acceptors (Lipinski definition) is 7. The monoisotopic (exact) mass is 605 g/mol. The van der Waals surface area contributed by atoms with Crippen molar-refractivity contribution in [2.75, 3.05) is 33.2 Å². The number of benzene rings is 1. The van der Waals surface area contributed by atoms with Crippen LogP contribution in [-0.4, -0.2) is 62.0 Å². The van der Waals surface area contributed by atoms with Crippen molar-refractivity contribution < 1.29 is 9.18 Å². The Kier molecular flexibility index (Phi) is 9.71. The smallest absolute Gasteiger partial charge is 0.223 e. The maximum Gasteiger partial charge on any atom is 0.223 e. The van der Waals surface area contributed by atoms with E-state index in [0.717, 1.165) is 29.7 Å². The summed E-state index contributed by atoms with van der Waals surface area (Å²) in [6.45, 7) is 11.1. The molecule has 6 N–H and O–H groups in total. The zero-order valence-corrected chi connectivity index (χ0v) is 26.3. The van der Waals surface area contributed by atoms with Crippen LogP contribution in [0.5, 0.6) is 0 Å². The second-order valence-electron chi connectivity index (χ2n) is 13.5. The molecule has 9 atom stereocenters. The summed E-state index contributed by atoms with van der Waals surface area (Å²) in [6, 6.07) is 7.62. The summed E-state index contributed by atoms with van der Waals surface area (Å²) in [5.41, 5.74) is 1.84. The van der Waals surface area contributed by atoms with Gasteiger partial charge in [-0.2, -0.15) is 5.26 Å². The van der Waals surface area contributed by atoms with E-state index >= 15 is 0 Å². The summed E-state index contributed by atoms with van der Waals surface area (Å²) < 4.78 is 14.6. The van der Waals surface area contributed by atoms with E-state index < -0.39 is 5.41 Å². The van der Waals surface area contributed by atoms with Gasteiger partial charge in [0.2, 0.25) is 5.91 Å². The highest BCUT2D eigenvalue weighted by Crippen LogP contribution is 2.56. The summed E-state index contributed by atoms with van der Waals surface area (Å²) in [5.74, 6) is 6.68. The van der Waals surface area contributed by atoms with Crippen LogP contribution < -0.4 is 21.8 Å². The Labute approximate surface area is 260 Å². The zero-order chi connectivity index (χ0) is 31.6. The molecule has 0 aromatic heterocycles. The predicted molar refractivity (Wildman–Crippen MR) is 168 cm³/mol. The molecule has 1 aromatic rings. The molecule has 1 saturated heterocycles. The van der Waals surface area contributed by atoms with Crippen LogP contribution in [0, 0.1) is 58.1 Å². The molecular weight excluding hydrogens is 557 g/mol. The Hall–Kier alpha value is -3.36. The van der Waals surface area contributed by atoms with Crippen LogP contribution in [0.2, 0.25) is 0 Å². The third kappa shape index (κ3) is 5.86. The van der Waals surface area contributed by atoms with Gasteiger partial charge < -0.3 is 26.7 Å². The molecule has 0 radical (unpaired) electrons. The van der Waals surface area contributed by atoms with Gasteiger partial charge in [0, 0.05) is 37.3 Å². The molecule has 4 unspecified atom stereocenters. The van der Waals surface area contributed by atoms with Crippen molar-refractivity contribution in [3.8, 4) is 6.07 Å². The fraction of sp³-hybridized carbons (Fsp3) is 0.667. The molecule has 11 heteroatoms. The Balaban J connectivity index is 1.41. The first-order valence-electron chi connectivity index (χ1n) is 16.2. The molecule has 0 bridgehead atoms. The molecule has 1 amide bonds. The third-order valence-corrected chi connectivity index (χ3v) is 11.1. The van der Waals surface area contributed by atoms with E-state index in [9.17, 15) is 19.9 Å². The van der Waals surface area contributed by atoms with Gasteiger partial charge >= 0.3 is 0 Å². The van der Waals surface area contributed by atoms with Crippen LogP contribution in [0.25, 0.3) is 0 Å². The molecule has 10 nitrogen and oxygen atoms in total. The van der Waals surface area contributed by atoms with E-state index in [1.807, 2.05) is 13.1 Å². The Morgan fingerprint density at radius 1 is 1.27 bits per heavy atom. The molecule has 44 heavy (non-hydrogen) atoms. The Morgan fingerprint density at radius 3 is 2.80 bits per heavy atom. The average Bonchev–Trinajstić information content (AvgIpc) is 3.48. The summed E-state index contributed by atoms with van der Waals surface area (Å²) in [5, 5.41) is 36.5. The number of rotatable bonds is 11. The van der Waals surface area contributed by atoms with Crippen molar-refractivity contribution in [2.45, 2.75) is 69.9 Å². The van der Waals surface area contributed by atoms with Gasteiger partial charge in [-0.1, -0.05) is 31.7 Å². The SMILES string of the molecule is C=C(CNCCC1(C(=N)N=NN)c2ccc(F)cc2CC[C@H]2CC(C(=O)NCCNC)CC(C)[C@H]21)N1C(C#N)C[C@@H]2[C@H](C)[C@@H]21. The second kappa shape index (κ2) is 13.3. The first-order valence-corrected chi connectivity index (χ1v) is 16.2. The number of likely N-dealkylation sites (N-methyl/N-ethyl adjacent to an activating group) is 1. The van der Waals surface area contributed by atoms with Crippen LogP contribution in [0.15, 0.2) is 40.8 Å². The Morgan fingerprint density at radius 2 is 2.07 bits per heavy atom. The van der Waals surface area contributed by atoms with E-state index in [-0.39, 0.29) is 47.3 Å². The number of carbonyl (C=O) groups excluding carboxylic acids is 1. The molecular formula is C33H48FN9O. The number of amides is 1. The minimum atomic E-state index is -0.868. The molecule has 4 aliphatic rings. The number of aryl methyl sites for hydroxylation is 1. The lowest BCUT2D eigenvalue weighted by atomic mass is 9.54. The van der Waals surface area contributed by atoms with Gasteiger partial charge in [-0.05, 0) is 105 Å². The first-order chi connectivity index (χ1) is 21.2. The number of nitrogens with zero attached hydrogens (tertiary/aromatic N) is 4. The summed E-state index contributed by atoms with van der Waals surface area (Å²) in [6.07, 6.45) is 4.31. The summed E-state index contributed by atoms with van der Waals surface area (Å²) in [7, 11) is 1.86. The maximum atomic E-state index is 14.6. The first kappa shape index (κ1) is 32.0. The highest BCUT2D eigenvalue weighted by Gasteiger charge is 2.59. The number of fused-ring (bicyclic) bond motifs is 3. The van der Waals surface area contributed by atoms with Gasteiger partial charge in [-0.15, -0.1) is 5.11 Å². The van der Waals surface area contributed by atoms with Gasteiger partial charge in [-0.25, -0.2) is 4.39 Å². The average molecular weight is 606 g/mol. The van der Waals surface area contributed by atoms with Crippen LogP contribution >= 0.6 is 0 Å². The summed E-state index contributed by atoms with van der Waals surface area (Å²) >= 11 is 0. The molecule has 238 valence electrons. The van der Waals surface area contributed by atoms with Crippen LogP contribution in [0.1, 0.15) is 57.1 Å². The van der Waals surface area contributed by atoms with Crippen molar-refractivity contribution >= 4 is 11.7 Å².